The molecule has 1 atom stereocenters. The Kier molecular flexibility index (Phi) is 4.08. The summed E-state index contributed by atoms with van der Waals surface area (Å²) in [5.74, 6) is 1.57. The van der Waals surface area contributed by atoms with Gasteiger partial charge in [0.05, 0.1) is 13.2 Å². The number of hydrogen-bond acceptors (Lipinski definition) is 5. The number of carbonyl (C=O) groups is 1. The lowest BCUT2D eigenvalue weighted by atomic mass is 10.1. The third-order valence-corrected chi connectivity index (χ3v) is 4.61. The lowest BCUT2D eigenvalue weighted by Gasteiger charge is -2.34. The maximum Gasteiger partial charge on any atom is 0.253 e. The molecular weight excluding hydrogens is 306 g/mol. The molecule has 2 aromatic rings. The Morgan fingerprint density at radius 3 is 2.88 bits per heavy atom. The molecule has 0 spiro atoms. The van der Waals surface area contributed by atoms with Crippen molar-refractivity contribution in [2.45, 2.75) is 19.1 Å². The van der Waals surface area contributed by atoms with Crippen molar-refractivity contribution in [2.24, 2.45) is 0 Å². The molecule has 0 saturated carbocycles. The van der Waals surface area contributed by atoms with Gasteiger partial charge in [0.25, 0.3) is 5.91 Å². The van der Waals surface area contributed by atoms with Crippen molar-refractivity contribution in [3.63, 3.8) is 0 Å². The van der Waals surface area contributed by atoms with Gasteiger partial charge in [-0.1, -0.05) is 18.2 Å². The van der Waals surface area contributed by atoms with Gasteiger partial charge in [-0.3, -0.25) is 4.79 Å². The van der Waals surface area contributed by atoms with Crippen LogP contribution in [0, 0.1) is 0 Å². The van der Waals surface area contributed by atoms with Gasteiger partial charge >= 0.3 is 0 Å². The number of amides is 1. The molecule has 0 N–H and O–H groups in total. The molecule has 1 aromatic carbocycles. The summed E-state index contributed by atoms with van der Waals surface area (Å²) in [4.78, 5) is 21.3. The van der Waals surface area contributed by atoms with Crippen LogP contribution in [0.25, 0.3) is 11.5 Å². The van der Waals surface area contributed by atoms with E-state index in [2.05, 4.69) is 9.88 Å². The molecule has 6 nitrogen and oxygen atoms in total. The molecule has 3 heterocycles. The van der Waals surface area contributed by atoms with Crippen molar-refractivity contribution >= 4 is 5.91 Å². The summed E-state index contributed by atoms with van der Waals surface area (Å²) < 4.78 is 11.5. The molecule has 2 aliphatic rings. The number of benzene rings is 1. The highest BCUT2D eigenvalue weighted by Gasteiger charge is 2.32. The Labute approximate surface area is 141 Å². The Morgan fingerprint density at radius 2 is 2.08 bits per heavy atom. The summed E-state index contributed by atoms with van der Waals surface area (Å²) in [5.41, 5.74) is 1.82. The van der Waals surface area contributed by atoms with E-state index in [9.17, 15) is 4.79 Å². The van der Waals surface area contributed by atoms with Gasteiger partial charge in [-0.15, -0.1) is 0 Å². The van der Waals surface area contributed by atoms with Crippen molar-refractivity contribution in [1.29, 1.82) is 0 Å². The third kappa shape index (κ3) is 2.95. The van der Waals surface area contributed by atoms with Gasteiger partial charge < -0.3 is 19.0 Å². The van der Waals surface area contributed by atoms with Crippen LogP contribution in [0.15, 0.2) is 34.7 Å². The molecule has 1 unspecified atom stereocenters. The number of carbonyl (C=O) groups excluding carboxylic acids is 1. The average Bonchev–Trinajstić information content (AvgIpc) is 3.05. The van der Waals surface area contributed by atoms with Crippen molar-refractivity contribution in [2.75, 3.05) is 33.3 Å². The van der Waals surface area contributed by atoms with E-state index in [0.717, 1.165) is 23.6 Å². The summed E-state index contributed by atoms with van der Waals surface area (Å²) in [6, 6.07) is 9.85. The molecule has 1 amide bonds. The van der Waals surface area contributed by atoms with E-state index in [-0.39, 0.29) is 12.0 Å². The first-order valence-electron chi connectivity index (χ1n) is 8.33. The summed E-state index contributed by atoms with van der Waals surface area (Å²) in [6.45, 7) is 3.27. The molecule has 1 fully saturated rings. The van der Waals surface area contributed by atoms with Crippen LogP contribution >= 0.6 is 0 Å². The molecule has 0 radical (unpaired) electrons. The van der Waals surface area contributed by atoms with Crippen LogP contribution in [0.3, 0.4) is 0 Å². The van der Waals surface area contributed by atoms with Crippen LogP contribution in [-0.4, -0.2) is 60.1 Å². The quantitative estimate of drug-likeness (QED) is 0.838. The first-order chi connectivity index (χ1) is 11.7. The lowest BCUT2D eigenvalue weighted by molar-refractivity contribution is -0.149. The van der Waals surface area contributed by atoms with Crippen molar-refractivity contribution < 1.29 is 13.9 Å². The SMILES string of the molecule is CN1CCOC(C(=O)N2CCc3oc(-c4ccccc4)nc3C2)C1. The van der Waals surface area contributed by atoms with Crippen molar-refractivity contribution in [3.05, 3.63) is 41.8 Å². The number of rotatable bonds is 2. The van der Waals surface area contributed by atoms with Crippen LogP contribution in [0.5, 0.6) is 0 Å². The normalized spacial score (nSPS) is 21.5. The molecule has 6 heteroatoms. The van der Waals surface area contributed by atoms with E-state index in [1.807, 2.05) is 42.3 Å². The van der Waals surface area contributed by atoms with Crippen LogP contribution in [0.1, 0.15) is 11.5 Å². The van der Waals surface area contributed by atoms with Gasteiger partial charge in [0.2, 0.25) is 5.89 Å². The Bertz CT molecular complexity index is 728. The highest BCUT2D eigenvalue weighted by atomic mass is 16.5. The van der Waals surface area contributed by atoms with Crippen LogP contribution in [-0.2, 0) is 22.5 Å². The van der Waals surface area contributed by atoms with Crippen LogP contribution < -0.4 is 0 Å². The van der Waals surface area contributed by atoms with Gasteiger partial charge in [0, 0.05) is 31.6 Å². The minimum absolute atomic E-state index is 0.0523. The molecule has 0 bridgehead atoms. The number of fused-ring (bicyclic) bond motifs is 1. The smallest absolute Gasteiger partial charge is 0.253 e. The van der Waals surface area contributed by atoms with E-state index in [0.29, 0.717) is 38.6 Å². The second-order valence-electron chi connectivity index (χ2n) is 6.39. The fraction of sp³-hybridized carbons (Fsp3) is 0.444. The molecule has 126 valence electrons. The van der Waals surface area contributed by atoms with Gasteiger partial charge in [-0.2, -0.15) is 0 Å². The zero-order chi connectivity index (χ0) is 16.5. The maximum atomic E-state index is 12.7. The third-order valence-electron chi connectivity index (χ3n) is 4.61. The topological polar surface area (TPSA) is 58.8 Å². The standard InChI is InChI=1S/C18H21N3O3/c1-20-9-10-23-16(12-20)18(22)21-8-7-15-14(11-21)19-17(24-15)13-5-3-2-4-6-13/h2-6,16H,7-12H2,1H3. The number of oxazole rings is 1. The number of aromatic nitrogens is 1. The van der Waals surface area contributed by atoms with Gasteiger partial charge in [-0.05, 0) is 19.2 Å². The minimum Gasteiger partial charge on any atom is -0.441 e. The summed E-state index contributed by atoms with van der Waals surface area (Å²) in [5, 5.41) is 0. The largest absolute Gasteiger partial charge is 0.441 e. The predicted molar refractivity (Wildman–Crippen MR) is 88.3 cm³/mol. The Morgan fingerprint density at radius 1 is 1.25 bits per heavy atom. The van der Waals surface area contributed by atoms with Gasteiger partial charge in [0.15, 0.2) is 0 Å². The molecule has 0 aliphatic carbocycles. The fourth-order valence-corrected chi connectivity index (χ4v) is 3.22. The van der Waals surface area contributed by atoms with Gasteiger partial charge in [0.1, 0.15) is 17.6 Å². The molecular formula is C18H21N3O3. The molecule has 1 aromatic heterocycles. The fourth-order valence-electron chi connectivity index (χ4n) is 3.22. The Balaban J connectivity index is 1.49. The van der Waals surface area contributed by atoms with E-state index >= 15 is 0 Å². The number of hydrogen-bond donors (Lipinski definition) is 0. The minimum atomic E-state index is -0.370. The molecule has 2 aliphatic heterocycles. The number of likely N-dealkylation sites (N-methyl/N-ethyl adjacent to an activating group) is 1. The van der Waals surface area contributed by atoms with Crippen LogP contribution in [0.4, 0.5) is 0 Å². The predicted octanol–water partition coefficient (Wildman–Crippen LogP) is 1.56. The van der Waals surface area contributed by atoms with Crippen molar-refractivity contribution in [3.8, 4) is 11.5 Å². The van der Waals surface area contributed by atoms with E-state index < -0.39 is 0 Å². The zero-order valence-electron chi connectivity index (χ0n) is 13.8. The van der Waals surface area contributed by atoms with E-state index in [1.54, 1.807) is 0 Å². The zero-order valence-corrected chi connectivity index (χ0v) is 13.8. The summed E-state index contributed by atoms with van der Waals surface area (Å²) >= 11 is 0. The van der Waals surface area contributed by atoms with Crippen molar-refractivity contribution in [1.82, 2.24) is 14.8 Å². The molecule has 1 saturated heterocycles. The van der Waals surface area contributed by atoms with E-state index in [4.69, 9.17) is 9.15 Å². The highest BCUT2D eigenvalue weighted by molar-refractivity contribution is 5.81. The summed E-state index contributed by atoms with van der Waals surface area (Å²) in [6.07, 6.45) is 0.328. The summed E-state index contributed by atoms with van der Waals surface area (Å²) in [7, 11) is 2.01. The Hall–Kier alpha value is -2.18. The first kappa shape index (κ1) is 15.4. The first-order valence-corrected chi connectivity index (χ1v) is 8.33. The maximum absolute atomic E-state index is 12.7. The number of morpholine rings is 1. The van der Waals surface area contributed by atoms with Crippen LogP contribution in [0.2, 0.25) is 0 Å². The monoisotopic (exact) mass is 327 g/mol. The van der Waals surface area contributed by atoms with Gasteiger partial charge in [-0.25, -0.2) is 4.98 Å². The second-order valence-corrected chi connectivity index (χ2v) is 6.39. The highest BCUT2D eigenvalue weighted by Crippen LogP contribution is 2.26. The van der Waals surface area contributed by atoms with E-state index in [1.165, 1.54) is 0 Å². The average molecular weight is 327 g/mol. The molecule has 24 heavy (non-hydrogen) atoms. The molecule has 4 rings (SSSR count). The second kappa shape index (κ2) is 6.37. The lowest BCUT2D eigenvalue weighted by Crippen LogP contribution is -2.50. The number of nitrogens with zero attached hydrogens (tertiary/aromatic N) is 3. The number of ether oxygens (including phenoxy) is 1.